The van der Waals surface area contributed by atoms with Crippen molar-refractivity contribution < 1.29 is 9.90 Å². The van der Waals surface area contributed by atoms with Crippen LogP contribution in [0.4, 0.5) is 0 Å². The van der Waals surface area contributed by atoms with E-state index in [1.54, 1.807) is 6.07 Å². The first-order valence-corrected chi connectivity index (χ1v) is 5.91. The van der Waals surface area contributed by atoms with Crippen LogP contribution in [-0.2, 0) is 0 Å². The summed E-state index contributed by atoms with van der Waals surface area (Å²) in [7, 11) is 0. The molecule has 1 N–H and O–H groups in total. The SMILES string of the molecule is CC1CCC(CO)CN1C(=O)c1ccnnc1. The smallest absolute Gasteiger partial charge is 0.255 e. The van der Waals surface area contributed by atoms with Gasteiger partial charge in [-0.25, -0.2) is 0 Å². The number of rotatable bonds is 2. The van der Waals surface area contributed by atoms with Crippen molar-refractivity contribution in [1.29, 1.82) is 0 Å². The van der Waals surface area contributed by atoms with Gasteiger partial charge in [0.15, 0.2) is 0 Å². The lowest BCUT2D eigenvalue weighted by molar-refractivity contribution is 0.0488. The second kappa shape index (κ2) is 5.23. The molecule has 1 aliphatic rings. The van der Waals surface area contributed by atoms with Crippen molar-refractivity contribution >= 4 is 5.91 Å². The van der Waals surface area contributed by atoms with Gasteiger partial charge in [0.2, 0.25) is 0 Å². The van der Waals surface area contributed by atoms with Crippen molar-refractivity contribution in [3.63, 3.8) is 0 Å². The molecule has 2 heterocycles. The Morgan fingerprint density at radius 2 is 2.35 bits per heavy atom. The average Bonchev–Trinajstić information content (AvgIpc) is 2.39. The Balaban J connectivity index is 2.12. The summed E-state index contributed by atoms with van der Waals surface area (Å²) in [5.41, 5.74) is 0.561. The molecule has 1 saturated heterocycles. The van der Waals surface area contributed by atoms with E-state index in [9.17, 15) is 9.90 Å². The molecule has 2 atom stereocenters. The van der Waals surface area contributed by atoms with Crippen molar-refractivity contribution in [3.8, 4) is 0 Å². The van der Waals surface area contributed by atoms with Gasteiger partial charge in [-0.15, -0.1) is 0 Å². The summed E-state index contributed by atoms with van der Waals surface area (Å²) in [4.78, 5) is 14.1. The Labute approximate surface area is 100 Å². The number of aliphatic hydroxyl groups excluding tert-OH is 1. The molecule has 0 bridgehead atoms. The lowest BCUT2D eigenvalue weighted by atomic mass is 9.93. The highest BCUT2D eigenvalue weighted by Gasteiger charge is 2.29. The molecule has 92 valence electrons. The lowest BCUT2D eigenvalue weighted by Gasteiger charge is -2.37. The van der Waals surface area contributed by atoms with Crippen LogP contribution in [0.5, 0.6) is 0 Å². The monoisotopic (exact) mass is 235 g/mol. The topological polar surface area (TPSA) is 66.3 Å². The van der Waals surface area contributed by atoms with Crippen molar-refractivity contribution in [2.45, 2.75) is 25.8 Å². The van der Waals surface area contributed by atoms with Gasteiger partial charge in [0.05, 0.1) is 18.0 Å². The van der Waals surface area contributed by atoms with Crippen LogP contribution in [0.2, 0.25) is 0 Å². The summed E-state index contributed by atoms with van der Waals surface area (Å²) in [6.07, 6.45) is 4.93. The summed E-state index contributed by atoms with van der Waals surface area (Å²) in [5, 5.41) is 16.6. The maximum atomic E-state index is 12.2. The fourth-order valence-electron chi connectivity index (χ4n) is 2.20. The largest absolute Gasteiger partial charge is 0.396 e. The zero-order valence-electron chi connectivity index (χ0n) is 9.91. The first-order valence-electron chi connectivity index (χ1n) is 5.91. The molecular weight excluding hydrogens is 218 g/mol. The highest BCUT2D eigenvalue weighted by atomic mass is 16.3. The third-order valence-corrected chi connectivity index (χ3v) is 3.33. The maximum absolute atomic E-state index is 12.2. The van der Waals surface area contributed by atoms with E-state index in [1.807, 2.05) is 11.8 Å². The molecule has 2 unspecified atom stereocenters. The number of amides is 1. The summed E-state index contributed by atoms with van der Waals surface area (Å²) >= 11 is 0. The molecule has 17 heavy (non-hydrogen) atoms. The molecule has 5 heteroatoms. The molecule has 0 aliphatic carbocycles. The molecule has 1 amide bonds. The van der Waals surface area contributed by atoms with Gasteiger partial charge in [-0.1, -0.05) is 0 Å². The summed E-state index contributed by atoms with van der Waals surface area (Å²) in [6.45, 7) is 2.81. The van der Waals surface area contributed by atoms with E-state index in [2.05, 4.69) is 10.2 Å². The average molecular weight is 235 g/mol. The Bertz CT molecular complexity index is 383. The van der Waals surface area contributed by atoms with Gasteiger partial charge < -0.3 is 10.0 Å². The van der Waals surface area contributed by atoms with Crippen LogP contribution >= 0.6 is 0 Å². The van der Waals surface area contributed by atoms with Gasteiger partial charge in [0.25, 0.3) is 5.91 Å². The second-order valence-electron chi connectivity index (χ2n) is 4.56. The van der Waals surface area contributed by atoms with E-state index in [0.29, 0.717) is 12.1 Å². The predicted molar refractivity (Wildman–Crippen MR) is 62.3 cm³/mol. The lowest BCUT2D eigenvalue weighted by Crippen LogP contribution is -2.46. The summed E-state index contributed by atoms with van der Waals surface area (Å²) in [5.74, 6) is 0.176. The van der Waals surface area contributed by atoms with Crippen LogP contribution in [0, 0.1) is 5.92 Å². The first-order chi connectivity index (χ1) is 8.22. The Morgan fingerprint density at radius 3 is 3.00 bits per heavy atom. The van der Waals surface area contributed by atoms with Crippen molar-refractivity contribution in [1.82, 2.24) is 15.1 Å². The van der Waals surface area contributed by atoms with Gasteiger partial charge in [-0.3, -0.25) is 4.79 Å². The minimum Gasteiger partial charge on any atom is -0.396 e. The standard InChI is InChI=1S/C12H17N3O2/c1-9-2-3-10(8-16)7-15(9)12(17)11-4-5-13-14-6-11/h4-6,9-10,16H,2-3,7-8H2,1H3. The predicted octanol–water partition coefficient (Wildman–Crippen LogP) is 0.710. The zero-order valence-corrected chi connectivity index (χ0v) is 9.91. The number of likely N-dealkylation sites (tertiary alicyclic amines) is 1. The number of hydrogen-bond donors (Lipinski definition) is 1. The molecule has 5 nitrogen and oxygen atoms in total. The number of aliphatic hydroxyl groups is 1. The maximum Gasteiger partial charge on any atom is 0.255 e. The highest BCUT2D eigenvalue weighted by molar-refractivity contribution is 5.94. The van der Waals surface area contributed by atoms with Crippen LogP contribution in [0.25, 0.3) is 0 Å². The summed E-state index contributed by atoms with van der Waals surface area (Å²) in [6, 6.07) is 1.89. The fourth-order valence-corrected chi connectivity index (χ4v) is 2.20. The van der Waals surface area contributed by atoms with Gasteiger partial charge in [0, 0.05) is 19.2 Å². The third kappa shape index (κ3) is 2.61. The number of carbonyl (C=O) groups is 1. The fraction of sp³-hybridized carbons (Fsp3) is 0.583. The minimum absolute atomic E-state index is 0.0226. The Kier molecular flexibility index (Phi) is 3.68. The van der Waals surface area contributed by atoms with Crippen LogP contribution < -0.4 is 0 Å². The van der Waals surface area contributed by atoms with E-state index in [4.69, 9.17) is 0 Å². The zero-order chi connectivity index (χ0) is 12.3. The summed E-state index contributed by atoms with van der Waals surface area (Å²) < 4.78 is 0. The van der Waals surface area contributed by atoms with E-state index in [0.717, 1.165) is 12.8 Å². The van der Waals surface area contributed by atoms with Gasteiger partial charge in [0.1, 0.15) is 0 Å². The molecule has 0 radical (unpaired) electrons. The van der Waals surface area contributed by atoms with Crippen molar-refractivity contribution in [3.05, 3.63) is 24.0 Å². The molecule has 0 spiro atoms. The van der Waals surface area contributed by atoms with E-state index in [-0.39, 0.29) is 24.5 Å². The first kappa shape index (κ1) is 12.0. The Morgan fingerprint density at radius 1 is 1.53 bits per heavy atom. The van der Waals surface area contributed by atoms with Crippen LogP contribution in [-0.4, -0.2) is 45.3 Å². The third-order valence-electron chi connectivity index (χ3n) is 3.33. The second-order valence-corrected chi connectivity index (χ2v) is 4.56. The molecular formula is C12H17N3O2. The molecule has 2 rings (SSSR count). The van der Waals surface area contributed by atoms with Crippen molar-refractivity contribution in [2.24, 2.45) is 5.92 Å². The van der Waals surface area contributed by atoms with Gasteiger partial charge in [-0.2, -0.15) is 10.2 Å². The minimum atomic E-state index is -0.0226. The highest BCUT2D eigenvalue weighted by Crippen LogP contribution is 2.23. The Hall–Kier alpha value is -1.49. The molecule has 1 fully saturated rings. The number of piperidine rings is 1. The van der Waals surface area contributed by atoms with E-state index >= 15 is 0 Å². The molecule has 0 aromatic carbocycles. The number of aromatic nitrogens is 2. The number of hydrogen-bond acceptors (Lipinski definition) is 4. The van der Waals surface area contributed by atoms with Crippen LogP contribution in [0.3, 0.4) is 0 Å². The normalized spacial score (nSPS) is 24.7. The van der Waals surface area contributed by atoms with E-state index in [1.165, 1.54) is 12.4 Å². The van der Waals surface area contributed by atoms with Crippen LogP contribution in [0.15, 0.2) is 18.5 Å². The van der Waals surface area contributed by atoms with Gasteiger partial charge >= 0.3 is 0 Å². The van der Waals surface area contributed by atoms with Crippen LogP contribution in [0.1, 0.15) is 30.1 Å². The quantitative estimate of drug-likeness (QED) is 0.819. The van der Waals surface area contributed by atoms with Crippen molar-refractivity contribution in [2.75, 3.05) is 13.2 Å². The van der Waals surface area contributed by atoms with Gasteiger partial charge in [-0.05, 0) is 31.7 Å². The molecule has 1 aromatic heterocycles. The van der Waals surface area contributed by atoms with E-state index < -0.39 is 0 Å². The molecule has 0 saturated carbocycles. The molecule has 1 aromatic rings. The molecule has 1 aliphatic heterocycles. The number of carbonyl (C=O) groups excluding carboxylic acids is 1. The number of nitrogens with zero attached hydrogens (tertiary/aromatic N) is 3.